The molecule has 0 aromatic heterocycles. The number of phosphoric ester groups is 2. The maximum atomic E-state index is 13.0. The van der Waals surface area contributed by atoms with E-state index in [-0.39, 0.29) is 19.3 Å². The van der Waals surface area contributed by atoms with Gasteiger partial charge in [-0.3, -0.25) is 32.5 Å². The van der Waals surface area contributed by atoms with E-state index >= 15 is 0 Å². The topological polar surface area (TPSA) is 231 Å². The van der Waals surface area contributed by atoms with Crippen molar-refractivity contribution in [2.24, 2.45) is 0 Å². The molecule has 5 atom stereocenters. The van der Waals surface area contributed by atoms with Crippen molar-refractivity contribution < 1.29 is 75.8 Å². The van der Waals surface area contributed by atoms with Gasteiger partial charge in [-0.25, -0.2) is 9.13 Å². The van der Waals surface area contributed by atoms with Crippen molar-refractivity contribution >= 4 is 33.6 Å². The van der Waals surface area contributed by atoms with Crippen molar-refractivity contribution in [2.45, 2.75) is 283 Å². The van der Waals surface area contributed by atoms with Crippen LogP contribution in [-0.2, 0) is 55.8 Å². The molecule has 16 nitrogen and oxygen atoms in total. The normalized spacial score (nSPS) is 15.1. The molecule has 582 valence electrons. The van der Waals surface area contributed by atoms with Crippen LogP contribution in [0, 0.1) is 0 Å². The monoisotopic (exact) mass is 1470 g/mol. The first kappa shape index (κ1) is 97.4. The summed E-state index contributed by atoms with van der Waals surface area (Å²) in [4.78, 5) is 58.7. The highest BCUT2D eigenvalue weighted by Crippen LogP contribution is 2.45. The summed E-state index contributed by atoms with van der Waals surface area (Å²) in [5, 5.41) is 20.6. The van der Waals surface area contributed by atoms with Gasteiger partial charge in [-0.15, -0.1) is 0 Å². The van der Waals surface area contributed by atoms with Crippen molar-refractivity contribution in [2.75, 3.05) is 39.6 Å². The summed E-state index contributed by atoms with van der Waals surface area (Å²) < 4.78 is 61.1. The fourth-order valence-electron chi connectivity index (χ4n) is 9.51. The minimum atomic E-state index is -4.95. The van der Waals surface area contributed by atoms with Crippen LogP contribution >= 0.6 is 15.6 Å². The maximum absolute atomic E-state index is 13.0. The molecule has 0 radical (unpaired) electrons. The lowest BCUT2D eigenvalue weighted by molar-refractivity contribution is -0.161. The zero-order valence-electron chi connectivity index (χ0n) is 63.4. The molecule has 103 heavy (non-hydrogen) atoms. The predicted molar refractivity (Wildman–Crippen MR) is 426 cm³/mol. The van der Waals surface area contributed by atoms with Gasteiger partial charge in [0.25, 0.3) is 0 Å². The Kier molecular flexibility index (Phi) is 71.9. The number of rotatable bonds is 71. The predicted octanol–water partition coefficient (Wildman–Crippen LogP) is 22.8. The second kappa shape index (κ2) is 76.1. The molecule has 0 rings (SSSR count). The molecule has 0 bridgehead atoms. The molecule has 0 aliphatic carbocycles. The Bertz CT molecular complexity index is 2650. The summed E-state index contributed by atoms with van der Waals surface area (Å²) >= 11 is 0. The largest absolute Gasteiger partial charge is 0.472 e. The van der Waals surface area contributed by atoms with E-state index in [1.807, 2.05) is 0 Å². The number of hydrogen-bond acceptors (Lipinski definition) is 14. The van der Waals surface area contributed by atoms with E-state index in [2.05, 4.69) is 215 Å². The standard InChI is InChI=1S/C85H136O16P2/c1-4-7-10-13-16-19-22-25-28-31-34-37-38-39-40-43-45-47-50-53-56-59-62-65-68-71-83(88)95-74-80(86)75-97-102(91,92)98-76-81(87)77-99-103(93,94)100-79-82(101-85(90)73-70-67-64-61-58-55-52-49-46-42-36-33-30-27-24-21-18-15-12-9-6-3)78-96-84(89)72-69-66-63-60-57-54-51-48-44-41-35-32-29-26-23-20-17-14-11-8-5-2/h7-12,16-21,25-30,34-37,39-42,45,47-49,51-52,80-82,86-87H,4-6,13-15,22-24,31-33,38,43-44,46,50,53-79H2,1-3H3,(H,91,92)(H,93,94)/b10-7-,11-8-,12-9-,19-16-,20-17-,21-18-,28-25-,29-26-,30-27-,37-34-,40-39-,41-35-,42-36-,47-45-,51-48-,52-49-. The van der Waals surface area contributed by atoms with Gasteiger partial charge in [0.05, 0.1) is 26.4 Å². The van der Waals surface area contributed by atoms with Crippen LogP contribution in [0.15, 0.2) is 194 Å². The van der Waals surface area contributed by atoms with Crippen molar-refractivity contribution in [1.29, 1.82) is 0 Å². The summed E-state index contributed by atoms with van der Waals surface area (Å²) in [5.74, 6) is -1.65. The third kappa shape index (κ3) is 77.3. The Morgan fingerprint density at radius 1 is 0.272 bits per heavy atom. The Balaban J connectivity index is 4.76. The molecule has 18 heteroatoms. The van der Waals surface area contributed by atoms with Crippen LogP contribution in [0.3, 0.4) is 0 Å². The number of carbonyl (C=O) groups excluding carboxylic acids is 3. The Labute approximate surface area is 623 Å². The molecule has 4 N–H and O–H groups in total. The molecule has 0 saturated carbocycles. The minimum Gasteiger partial charge on any atom is -0.463 e. The lowest BCUT2D eigenvalue weighted by Crippen LogP contribution is -2.30. The van der Waals surface area contributed by atoms with Crippen LogP contribution in [0.25, 0.3) is 0 Å². The number of hydrogen-bond donors (Lipinski definition) is 4. The van der Waals surface area contributed by atoms with E-state index in [1.165, 1.54) is 0 Å². The number of esters is 3. The van der Waals surface area contributed by atoms with Gasteiger partial charge in [-0.1, -0.05) is 279 Å². The van der Waals surface area contributed by atoms with Crippen LogP contribution in [0.1, 0.15) is 265 Å². The fourth-order valence-corrected chi connectivity index (χ4v) is 11.1. The van der Waals surface area contributed by atoms with Crippen LogP contribution in [0.5, 0.6) is 0 Å². The third-order valence-corrected chi connectivity index (χ3v) is 17.2. The molecule has 0 aromatic carbocycles. The van der Waals surface area contributed by atoms with Gasteiger partial charge in [-0.2, -0.15) is 0 Å². The van der Waals surface area contributed by atoms with E-state index in [1.54, 1.807) is 0 Å². The van der Waals surface area contributed by atoms with Crippen molar-refractivity contribution in [1.82, 2.24) is 0 Å². The molecular weight excluding hydrogens is 1340 g/mol. The molecular formula is C85H136O16P2. The maximum Gasteiger partial charge on any atom is 0.472 e. The summed E-state index contributed by atoms with van der Waals surface area (Å²) in [6, 6.07) is 0. The average Bonchev–Trinajstić information content (AvgIpc) is 0.921. The quantitative estimate of drug-likeness (QED) is 0.0146. The zero-order chi connectivity index (χ0) is 75.2. The molecule has 0 amide bonds. The molecule has 0 heterocycles. The first-order valence-corrected chi connectivity index (χ1v) is 41.7. The van der Waals surface area contributed by atoms with Gasteiger partial charge >= 0.3 is 33.6 Å². The number of ether oxygens (including phenoxy) is 3. The SMILES string of the molecule is CC/C=C\C/C=C\C/C=C\C/C=C\C/C=C\C/C=C\CCCCCCCCC(=O)OCC(O)COP(=O)(O)OCC(O)COP(=O)(O)OCC(COC(=O)CCCCCCC/C=C\C/C=C\C/C=C\C/C=C\C/C=C\CC)OC(=O)CCCCCCC/C=C\C/C=C\C/C=C\C/C=C\C/C=C\CC. The third-order valence-electron chi connectivity index (χ3n) is 15.3. The average molecular weight is 1480 g/mol. The molecule has 5 unspecified atom stereocenters. The summed E-state index contributed by atoms with van der Waals surface area (Å²) in [6.07, 6.45) is 98.9. The molecule has 0 aliphatic rings. The Morgan fingerprint density at radius 3 is 0.767 bits per heavy atom. The summed E-state index contributed by atoms with van der Waals surface area (Å²) in [6.45, 7) is 2.25. The van der Waals surface area contributed by atoms with E-state index in [0.717, 1.165) is 205 Å². The van der Waals surface area contributed by atoms with Gasteiger partial charge < -0.3 is 34.2 Å². The smallest absolute Gasteiger partial charge is 0.463 e. The first-order valence-electron chi connectivity index (χ1n) is 38.7. The highest BCUT2D eigenvalue weighted by Gasteiger charge is 2.29. The highest BCUT2D eigenvalue weighted by molar-refractivity contribution is 7.47. The molecule has 0 spiro atoms. The van der Waals surface area contributed by atoms with Crippen molar-refractivity contribution in [3.63, 3.8) is 0 Å². The zero-order valence-corrected chi connectivity index (χ0v) is 65.2. The van der Waals surface area contributed by atoms with Crippen molar-refractivity contribution in [3.8, 4) is 0 Å². The number of carbonyl (C=O) groups is 3. The fraction of sp³-hybridized carbons (Fsp3) is 0.588. The van der Waals surface area contributed by atoms with Crippen LogP contribution in [-0.4, -0.2) is 95.9 Å². The van der Waals surface area contributed by atoms with Gasteiger partial charge in [0, 0.05) is 19.3 Å². The summed E-state index contributed by atoms with van der Waals surface area (Å²) in [5.41, 5.74) is 0. The van der Waals surface area contributed by atoms with Gasteiger partial charge in [0.2, 0.25) is 0 Å². The van der Waals surface area contributed by atoms with Crippen LogP contribution < -0.4 is 0 Å². The highest BCUT2D eigenvalue weighted by atomic mass is 31.2. The molecule has 0 saturated heterocycles. The Morgan fingerprint density at radius 2 is 0.485 bits per heavy atom. The van der Waals surface area contributed by atoms with Gasteiger partial charge in [-0.05, 0) is 161 Å². The Hall–Kier alpha value is -5.61. The number of phosphoric acid groups is 2. The van der Waals surface area contributed by atoms with Crippen molar-refractivity contribution in [3.05, 3.63) is 194 Å². The minimum absolute atomic E-state index is 0.0689. The number of aliphatic hydroxyl groups excluding tert-OH is 2. The van der Waals surface area contributed by atoms with Crippen LogP contribution in [0.2, 0.25) is 0 Å². The van der Waals surface area contributed by atoms with E-state index in [4.69, 9.17) is 32.3 Å². The van der Waals surface area contributed by atoms with Gasteiger partial charge in [0.15, 0.2) is 6.10 Å². The van der Waals surface area contributed by atoms with E-state index in [0.29, 0.717) is 19.3 Å². The lowest BCUT2D eigenvalue weighted by atomic mass is 10.1. The molecule has 0 aromatic rings. The summed E-state index contributed by atoms with van der Waals surface area (Å²) in [7, 11) is -9.83. The lowest BCUT2D eigenvalue weighted by Gasteiger charge is -2.21. The number of aliphatic hydroxyl groups is 2. The number of unbranched alkanes of at least 4 members (excludes halogenated alkanes) is 16. The van der Waals surface area contributed by atoms with Gasteiger partial charge in [0.1, 0.15) is 25.4 Å². The second-order valence-corrected chi connectivity index (χ2v) is 27.9. The number of allylic oxidation sites excluding steroid dienone is 32. The molecule has 0 fully saturated rings. The molecule has 0 aliphatic heterocycles. The van der Waals surface area contributed by atoms with Crippen LogP contribution in [0.4, 0.5) is 0 Å². The van der Waals surface area contributed by atoms with E-state index < -0.39 is 91.5 Å². The second-order valence-electron chi connectivity index (χ2n) is 25.0. The van der Waals surface area contributed by atoms with E-state index in [9.17, 15) is 43.5 Å². The first-order chi connectivity index (χ1) is 50.2.